The second-order valence-electron chi connectivity index (χ2n) is 3.17. The third-order valence-corrected chi connectivity index (χ3v) is 3.01. The van der Waals surface area contributed by atoms with Crippen molar-refractivity contribution in [2.24, 2.45) is 0 Å². The summed E-state index contributed by atoms with van der Waals surface area (Å²) in [6.07, 6.45) is 5.31. The summed E-state index contributed by atoms with van der Waals surface area (Å²) in [5.74, 6) is -0.305. The second-order valence-corrected chi connectivity index (χ2v) is 4.03. The molecule has 3 heterocycles. The number of H-pyrrole nitrogens is 1. The molecule has 80 valence electrons. The Hall–Kier alpha value is -2.15. The van der Waals surface area contributed by atoms with Gasteiger partial charge >= 0.3 is 5.97 Å². The summed E-state index contributed by atoms with van der Waals surface area (Å²) in [4.78, 5) is 21.8. The Morgan fingerprint density at radius 2 is 2.44 bits per heavy atom. The van der Waals surface area contributed by atoms with Gasteiger partial charge in [0.25, 0.3) is 0 Å². The Morgan fingerprint density at radius 3 is 3.12 bits per heavy atom. The Balaban J connectivity index is 2.08. The molecule has 0 spiro atoms. The Bertz CT molecular complexity index is 637. The lowest BCUT2D eigenvalue weighted by Crippen LogP contribution is -1.95. The van der Waals surface area contributed by atoms with Crippen LogP contribution >= 0.6 is 11.3 Å². The van der Waals surface area contributed by atoms with E-state index in [9.17, 15) is 4.79 Å². The van der Waals surface area contributed by atoms with Crippen LogP contribution in [0.15, 0.2) is 24.0 Å². The molecule has 6 nitrogen and oxygen atoms in total. The number of aromatic nitrogens is 4. The van der Waals surface area contributed by atoms with Gasteiger partial charge in [-0.05, 0) is 0 Å². The van der Waals surface area contributed by atoms with E-state index in [4.69, 9.17) is 5.11 Å². The Kier molecular flexibility index (Phi) is 1.80. The third-order valence-electron chi connectivity index (χ3n) is 2.14. The van der Waals surface area contributed by atoms with Crippen LogP contribution in [0, 0.1) is 0 Å². The van der Waals surface area contributed by atoms with Gasteiger partial charge in [0.15, 0.2) is 5.69 Å². The van der Waals surface area contributed by atoms with Crippen molar-refractivity contribution in [3.63, 3.8) is 0 Å². The number of carbonyl (C=O) groups is 1. The minimum absolute atomic E-state index is 0.0623. The predicted octanol–water partition coefficient (Wildman–Crippen LogP) is 1.48. The molecule has 0 saturated heterocycles. The van der Waals surface area contributed by atoms with Crippen molar-refractivity contribution in [3.05, 3.63) is 29.7 Å². The molecule has 3 rings (SSSR count). The van der Waals surface area contributed by atoms with Gasteiger partial charge in [-0.1, -0.05) is 0 Å². The molecule has 3 aromatic heterocycles. The summed E-state index contributed by atoms with van der Waals surface area (Å²) in [6.45, 7) is 0. The molecule has 0 atom stereocenters. The molecule has 16 heavy (non-hydrogen) atoms. The quantitative estimate of drug-likeness (QED) is 0.703. The van der Waals surface area contributed by atoms with Crippen molar-refractivity contribution in [2.45, 2.75) is 0 Å². The van der Waals surface area contributed by atoms with Crippen molar-refractivity contribution < 1.29 is 9.90 Å². The monoisotopic (exact) mass is 234 g/mol. The van der Waals surface area contributed by atoms with E-state index in [1.54, 1.807) is 12.4 Å². The Morgan fingerprint density at radius 1 is 1.56 bits per heavy atom. The van der Waals surface area contributed by atoms with Gasteiger partial charge in [-0.15, -0.1) is 11.3 Å². The first-order chi connectivity index (χ1) is 7.74. The number of rotatable bonds is 2. The lowest BCUT2D eigenvalue weighted by atomic mass is 10.5. The average molecular weight is 234 g/mol. The van der Waals surface area contributed by atoms with E-state index in [2.05, 4.69) is 15.0 Å². The number of fused-ring (bicyclic) bond motifs is 1. The number of aromatic amines is 1. The summed E-state index contributed by atoms with van der Waals surface area (Å²) < 4.78 is 1.82. The highest BCUT2D eigenvalue weighted by Crippen LogP contribution is 2.22. The number of hydrogen-bond donors (Lipinski definition) is 2. The molecule has 0 fully saturated rings. The van der Waals surface area contributed by atoms with Gasteiger partial charge in [0.05, 0.1) is 5.69 Å². The molecule has 0 aliphatic heterocycles. The molecule has 0 unspecified atom stereocenters. The fourth-order valence-corrected chi connectivity index (χ4v) is 2.17. The molecular weight excluding hydrogens is 228 g/mol. The predicted molar refractivity (Wildman–Crippen MR) is 57.6 cm³/mol. The molecule has 0 aliphatic rings. The Labute approximate surface area is 93.2 Å². The van der Waals surface area contributed by atoms with Crippen LogP contribution in [0.25, 0.3) is 16.5 Å². The first-order valence-electron chi connectivity index (χ1n) is 4.45. The van der Waals surface area contributed by atoms with Crippen molar-refractivity contribution in [3.8, 4) is 10.7 Å². The van der Waals surface area contributed by atoms with Gasteiger partial charge in [0, 0.05) is 24.0 Å². The number of nitrogens with zero attached hydrogens (tertiary/aromatic N) is 3. The van der Waals surface area contributed by atoms with E-state index in [1.807, 2.05) is 10.6 Å². The van der Waals surface area contributed by atoms with Crippen LogP contribution in [0.1, 0.15) is 10.5 Å². The van der Waals surface area contributed by atoms with Gasteiger partial charge in [0.1, 0.15) is 5.01 Å². The van der Waals surface area contributed by atoms with Crippen molar-refractivity contribution in [1.82, 2.24) is 19.4 Å². The fourth-order valence-electron chi connectivity index (χ4n) is 1.41. The summed E-state index contributed by atoms with van der Waals surface area (Å²) in [5, 5.41) is 10.9. The number of carboxylic acid groups (broad SMARTS) is 1. The summed E-state index contributed by atoms with van der Waals surface area (Å²) in [5.41, 5.74) is 0.827. The maximum atomic E-state index is 10.7. The van der Waals surface area contributed by atoms with Crippen molar-refractivity contribution >= 4 is 23.1 Å². The largest absolute Gasteiger partial charge is 0.476 e. The molecule has 0 aliphatic carbocycles. The molecule has 0 radical (unpaired) electrons. The van der Waals surface area contributed by atoms with Crippen LogP contribution in [0.5, 0.6) is 0 Å². The minimum atomic E-state index is -1.01. The zero-order valence-electron chi connectivity index (χ0n) is 7.91. The zero-order chi connectivity index (χ0) is 11.1. The number of imidazole rings is 2. The third kappa shape index (κ3) is 1.29. The van der Waals surface area contributed by atoms with E-state index < -0.39 is 5.97 Å². The zero-order valence-corrected chi connectivity index (χ0v) is 8.73. The molecule has 0 aromatic carbocycles. The number of thiazole rings is 1. The number of nitrogens with one attached hydrogen (secondary N) is 1. The van der Waals surface area contributed by atoms with Crippen LogP contribution in [0.3, 0.4) is 0 Å². The molecule has 0 bridgehead atoms. The molecule has 7 heteroatoms. The van der Waals surface area contributed by atoms with Crippen molar-refractivity contribution in [2.75, 3.05) is 0 Å². The minimum Gasteiger partial charge on any atom is -0.476 e. The van der Waals surface area contributed by atoms with Crippen LogP contribution in [0.4, 0.5) is 0 Å². The standard InChI is InChI=1S/C9H6N4O2S/c14-8(15)6-4-16-7(11-6)5-3-13-2-1-10-9(13)12-5/h1-4H,(H,10,12)(H,14,15). The topological polar surface area (TPSA) is 83.3 Å². The van der Waals surface area contributed by atoms with Crippen LogP contribution in [0.2, 0.25) is 0 Å². The van der Waals surface area contributed by atoms with Gasteiger partial charge < -0.3 is 10.1 Å². The van der Waals surface area contributed by atoms with Crippen LogP contribution in [-0.4, -0.2) is 30.4 Å². The number of aromatic carboxylic acids is 1. The molecular formula is C9H6N4O2S. The van der Waals surface area contributed by atoms with E-state index in [1.165, 1.54) is 16.7 Å². The highest BCUT2D eigenvalue weighted by Gasteiger charge is 2.12. The highest BCUT2D eigenvalue weighted by atomic mass is 32.1. The van der Waals surface area contributed by atoms with E-state index in [0.29, 0.717) is 10.8 Å². The average Bonchev–Trinajstić information content (AvgIpc) is 2.91. The van der Waals surface area contributed by atoms with E-state index in [0.717, 1.165) is 5.69 Å². The van der Waals surface area contributed by atoms with E-state index in [-0.39, 0.29) is 5.69 Å². The van der Waals surface area contributed by atoms with Crippen LogP contribution in [-0.2, 0) is 0 Å². The van der Waals surface area contributed by atoms with Gasteiger partial charge in [-0.25, -0.2) is 14.8 Å². The molecule has 0 amide bonds. The second kappa shape index (κ2) is 3.17. The van der Waals surface area contributed by atoms with Gasteiger partial charge in [0.2, 0.25) is 5.78 Å². The lowest BCUT2D eigenvalue weighted by molar-refractivity contribution is 0.0691. The normalized spacial score (nSPS) is 11.0. The lowest BCUT2D eigenvalue weighted by Gasteiger charge is -1.87. The maximum Gasteiger partial charge on any atom is 0.355 e. The summed E-state index contributed by atoms with van der Waals surface area (Å²) >= 11 is 1.29. The SMILES string of the molecule is O=C(O)c1csc(-c2cn3ccnc3[nH]2)n1. The summed E-state index contributed by atoms with van der Waals surface area (Å²) in [7, 11) is 0. The van der Waals surface area contributed by atoms with E-state index >= 15 is 0 Å². The molecule has 2 N–H and O–H groups in total. The highest BCUT2D eigenvalue weighted by molar-refractivity contribution is 7.13. The smallest absolute Gasteiger partial charge is 0.355 e. The maximum absolute atomic E-state index is 10.7. The molecule has 3 aromatic rings. The molecule has 0 saturated carbocycles. The van der Waals surface area contributed by atoms with Crippen LogP contribution < -0.4 is 0 Å². The van der Waals surface area contributed by atoms with Gasteiger partial charge in [-0.3, -0.25) is 4.40 Å². The van der Waals surface area contributed by atoms with Crippen molar-refractivity contribution in [1.29, 1.82) is 0 Å². The fraction of sp³-hybridized carbons (Fsp3) is 0. The first-order valence-corrected chi connectivity index (χ1v) is 5.33. The number of carboxylic acids is 1. The summed E-state index contributed by atoms with van der Waals surface area (Å²) in [6, 6.07) is 0. The van der Waals surface area contributed by atoms with Gasteiger partial charge in [-0.2, -0.15) is 0 Å². The number of hydrogen-bond acceptors (Lipinski definition) is 4. The first kappa shape index (κ1) is 9.10.